The normalized spacial score (nSPS) is 33.7. The molecule has 0 radical (unpaired) electrons. The second kappa shape index (κ2) is 12.8. The molecule has 2 aromatic carbocycles. The number of carbonyl (C=O) groups is 2. The molecule has 7 rings (SSSR count). The maximum absolute atomic E-state index is 13.5. The lowest BCUT2D eigenvalue weighted by Gasteiger charge is -2.50. The van der Waals surface area contributed by atoms with Crippen molar-refractivity contribution in [2.45, 2.75) is 87.9 Å². The number of carbonyl (C=O) groups excluding carboxylic acids is 2. The molecule has 3 aliphatic carbocycles. The molecular formula is C38H47ClN2O6S. The standard InChI is InChI=1S/C38H47ClN2O6S/c1-24-6-4-17-38(46-3,20-34(42)26-8-9-26)32-13-10-29(32)21-41-22-37(16-5-7-27-18-30(39)12-14-31(27)37)23-47-35-15-11-28(19-33(35)41)36(43)40-48(44,45)25(24)2/h4,11-12,14-15,17-19,24-26,29,32H,5-10,13,16,20-23H2,1-3H3,(H,40,43)/b17-4+/t24-,25+,29-,32+,37-,38+/m0/s1. The second-order valence-electron chi connectivity index (χ2n) is 15.1. The summed E-state index contributed by atoms with van der Waals surface area (Å²) in [4.78, 5) is 29.3. The zero-order chi connectivity index (χ0) is 33.8. The summed E-state index contributed by atoms with van der Waals surface area (Å²) in [5.74, 6) is 0.472. The van der Waals surface area contributed by atoms with Gasteiger partial charge in [-0.1, -0.05) is 36.7 Å². The van der Waals surface area contributed by atoms with Gasteiger partial charge in [0.2, 0.25) is 10.0 Å². The minimum absolute atomic E-state index is 0.110. The van der Waals surface area contributed by atoms with Gasteiger partial charge in [-0.05, 0) is 118 Å². The number of nitrogens with one attached hydrogen (secondary N) is 1. The van der Waals surface area contributed by atoms with Crippen LogP contribution in [0.3, 0.4) is 0 Å². The Labute approximate surface area is 289 Å². The number of Topliss-reactive ketones (excluding diaryl/α,β-unsaturated/α-hetero) is 1. The summed E-state index contributed by atoms with van der Waals surface area (Å²) in [6.45, 7) is 5.37. The first kappa shape index (κ1) is 33.6. The number of ether oxygens (including phenoxy) is 2. The first-order valence-corrected chi connectivity index (χ1v) is 19.5. The summed E-state index contributed by atoms with van der Waals surface area (Å²) in [5.41, 5.74) is 2.49. The van der Waals surface area contributed by atoms with Gasteiger partial charge >= 0.3 is 0 Å². The van der Waals surface area contributed by atoms with Gasteiger partial charge in [0.15, 0.2) is 0 Å². The van der Waals surface area contributed by atoms with E-state index in [0.29, 0.717) is 38.3 Å². The first-order chi connectivity index (χ1) is 22.9. The SMILES string of the molecule is CO[C@@]1(CC(=O)C2CC2)/C=C/C[C@H](C)[C@@H](C)S(=O)(=O)NC(=O)c2ccc3c(c2)N(C[C@@H]2CC[C@H]21)C[C@@]1(CCCc2cc(Cl)ccc21)CO3. The molecule has 10 heteroatoms. The van der Waals surface area contributed by atoms with Crippen molar-refractivity contribution >= 4 is 39.0 Å². The molecule has 2 aromatic rings. The van der Waals surface area contributed by atoms with Crippen molar-refractivity contribution in [3.63, 3.8) is 0 Å². The Bertz CT molecular complexity index is 1740. The highest BCUT2D eigenvalue weighted by Crippen LogP contribution is 2.50. The minimum Gasteiger partial charge on any atom is -0.490 e. The number of rotatable bonds is 4. The van der Waals surface area contributed by atoms with E-state index in [1.165, 1.54) is 11.1 Å². The number of anilines is 1. The number of sulfonamides is 1. The summed E-state index contributed by atoms with van der Waals surface area (Å²) >= 11 is 6.45. The van der Waals surface area contributed by atoms with E-state index in [-0.39, 0.29) is 40.4 Å². The Balaban J connectivity index is 1.33. The number of aryl methyl sites for hydroxylation is 1. The number of hydrogen-bond acceptors (Lipinski definition) is 7. The third-order valence-electron chi connectivity index (χ3n) is 12.1. The molecule has 8 nitrogen and oxygen atoms in total. The fourth-order valence-electron chi connectivity index (χ4n) is 8.66. The van der Waals surface area contributed by atoms with E-state index < -0.39 is 26.8 Å². The predicted molar refractivity (Wildman–Crippen MR) is 187 cm³/mol. The highest BCUT2D eigenvalue weighted by molar-refractivity contribution is 7.90. The van der Waals surface area contributed by atoms with Crippen molar-refractivity contribution in [2.24, 2.45) is 23.7 Å². The van der Waals surface area contributed by atoms with Crippen LogP contribution in [0.15, 0.2) is 48.6 Å². The molecule has 0 unspecified atom stereocenters. The van der Waals surface area contributed by atoms with Crippen molar-refractivity contribution in [1.29, 1.82) is 0 Å². The topological polar surface area (TPSA) is 102 Å². The molecule has 1 amide bonds. The summed E-state index contributed by atoms with van der Waals surface area (Å²) in [6.07, 6.45) is 11.6. The van der Waals surface area contributed by atoms with Gasteiger partial charge in [-0.15, -0.1) is 0 Å². The number of methoxy groups -OCH3 is 1. The van der Waals surface area contributed by atoms with Crippen LogP contribution in [0, 0.1) is 23.7 Å². The number of benzene rings is 2. The lowest BCUT2D eigenvalue weighted by atomic mass is 9.62. The van der Waals surface area contributed by atoms with Crippen molar-refractivity contribution in [1.82, 2.24) is 4.72 Å². The van der Waals surface area contributed by atoms with Crippen molar-refractivity contribution in [3.8, 4) is 5.75 Å². The van der Waals surface area contributed by atoms with Gasteiger partial charge < -0.3 is 14.4 Å². The summed E-state index contributed by atoms with van der Waals surface area (Å²) in [5, 5.41) is -0.0918. The van der Waals surface area contributed by atoms with Crippen LogP contribution in [0.4, 0.5) is 5.69 Å². The smallest absolute Gasteiger partial charge is 0.264 e. The predicted octanol–water partition coefficient (Wildman–Crippen LogP) is 6.64. The number of allylic oxidation sites excluding steroid dienone is 1. The maximum atomic E-state index is 13.5. The minimum atomic E-state index is -3.98. The van der Waals surface area contributed by atoms with Crippen molar-refractivity contribution < 1.29 is 27.5 Å². The van der Waals surface area contributed by atoms with Crippen molar-refractivity contribution in [2.75, 3.05) is 31.7 Å². The maximum Gasteiger partial charge on any atom is 0.264 e. The molecule has 5 aliphatic rings. The second-order valence-corrected chi connectivity index (χ2v) is 17.6. The van der Waals surface area contributed by atoms with Gasteiger partial charge in [-0.25, -0.2) is 13.1 Å². The average Bonchev–Trinajstić information content (AvgIpc) is 3.91. The van der Waals surface area contributed by atoms with Crippen LogP contribution in [0.5, 0.6) is 5.75 Å². The van der Waals surface area contributed by atoms with Crippen LogP contribution in [0.2, 0.25) is 5.02 Å². The van der Waals surface area contributed by atoms with Crippen LogP contribution in [-0.2, 0) is 31.4 Å². The van der Waals surface area contributed by atoms with E-state index in [2.05, 4.69) is 27.8 Å². The van der Waals surface area contributed by atoms with Crippen LogP contribution in [0.25, 0.3) is 0 Å². The molecule has 258 valence electrons. The molecular weight excluding hydrogens is 648 g/mol. The van der Waals surface area contributed by atoms with E-state index in [1.54, 1.807) is 32.2 Å². The van der Waals surface area contributed by atoms with E-state index >= 15 is 0 Å². The molecule has 6 atom stereocenters. The molecule has 0 aromatic heterocycles. The summed E-state index contributed by atoms with van der Waals surface area (Å²) in [6, 6.07) is 11.4. The monoisotopic (exact) mass is 694 g/mol. The molecule has 0 saturated heterocycles. The number of ketones is 1. The van der Waals surface area contributed by atoms with Gasteiger partial charge in [0.25, 0.3) is 5.91 Å². The lowest BCUT2D eigenvalue weighted by molar-refractivity contribution is -0.132. The van der Waals surface area contributed by atoms with Gasteiger partial charge in [-0.2, -0.15) is 0 Å². The number of halogens is 1. The van der Waals surface area contributed by atoms with Crippen LogP contribution in [-0.4, -0.2) is 57.8 Å². The Hall–Kier alpha value is -2.88. The summed E-state index contributed by atoms with van der Waals surface area (Å²) in [7, 11) is -2.26. The van der Waals surface area contributed by atoms with E-state index in [9.17, 15) is 18.0 Å². The van der Waals surface area contributed by atoms with Crippen LogP contribution >= 0.6 is 11.6 Å². The fraction of sp³-hybridized carbons (Fsp3) is 0.579. The highest BCUT2D eigenvalue weighted by atomic mass is 35.5. The Morgan fingerprint density at radius 2 is 1.94 bits per heavy atom. The van der Waals surface area contributed by atoms with E-state index in [1.807, 2.05) is 19.1 Å². The molecule has 1 spiro atoms. The van der Waals surface area contributed by atoms with Crippen LogP contribution < -0.4 is 14.4 Å². The third-order valence-corrected chi connectivity index (χ3v) is 14.2. The fourth-order valence-corrected chi connectivity index (χ4v) is 10.1. The number of hydrogen-bond donors (Lipinski definition) is 1. The zero-order valence-corrected chi connectivity index (χ0v) is 29.7. The third kappa shape index (κ3) is 6.20. The highest BCUT2D eigenvalue weighted by Gasteiger charge is 2.51. The molecule has 48 heavy (non-hydrogen) atoms. The number of amides is 1. The zero-order valence-electron chi connectivity index (χ0n) is 28.2. The molecule has 2 heterocycles. The van der Waals surface area contributed by atoms with Gasteiger partial charge in [0, 0.05) is 48.5 Å². The molecule has 2 saturated carbocycles. The average molecular weight is 695 g/mol. The van der Waals surface area contributed by atoms with Crippen LogP contribution in [0.1, 0.15) is 86.7 Å². The first-order valence-electron chi connectivity index (χ1n) is 17.6. The molecule has 1 N–H and O–H groups in total. The lowest BCUT2D eigenvalue weighted by Crippen LogP contribution is -2.53. The number of fused-ring (bicyclic) bond motifs is 4. The molecule has 2 aliphatic heterocycles. The van der Waals surface area contributed by atoms with Crippen molar-refractivity contribution in [3.05, 3.63) is 70.3 Å². The Kier molecular flexibility index (Phi) is 8.95. The Morgan fingerprint density at radius 1 is 1.12 bits per heavy atom. The largest absolute Gasteiger partial charge is 0.490 e. The van der Waals surface area contributed by atoms with Gasteiger partial charge in [0.05, 0.1) is 23.1 Å². The number of nitrogens with zero attached hydrogens (tertiary/aromatic N) is 1. The van der Waals surface area contributed by atoms with Gasteiger partial charge in [-0.3, -0.25) is 9.59 Å². The Morgan fingerprint density at radius 3 is 2.67 bits per heavy atom. The molecule has 2 fully saturated rings. The van der Waals surface area contributed by atoms with Gasteiger partial charge in [0.1, 0.15) is 11.5 Å². The quantitative estimate of drug-likeness (QED) is 0.358. The van der Waals surface area contributed by atoms with E-state index in [0.717, 1.165) is 55.7 Å². The molecule has 2 bridgehead atoms. The summed E-state index contributed by atoms with van der Waals surface area (Å²) < 4.78 is 42.3. The van der Waals surface area contributed by atoms with E-state index in [4.69, 9.17) is 21.1 Å².